The number of para-hydroxylation sites is 1. The van der Waals surface area contributed by atoms with Crippen molar-refractivity contribution in [3.05, 3.63) is 89.3 Å². The summed E-state index contributed by atoms with van der Waals surface area (Å²) in [4.78, 5) is 12.8. The summed E-state index contributed by atoms with van der Waals surface area (Å²) in [7, 11) is 0. The standard InChI is InChI=1S/C19H11BrF4INO2/c1-9-16(25)18(28-8-10-5-6-11(21)7-14(10)24)15(20)19(27)26(9)17-12(22)3-2-4-13(17)23/h2-7H,8H2,1H3. The zero-order chi connectivity index (χ0) is 20.6. The van der Waals surface area contributed by atoms with Crippen molar-refractivity contribution in [2.24, 2.45) is 0 Å². The molecule has 0 saturated heterocycles. The fraction of sp³-hybridized carbons (Fsp3) is 0.105. The smallest absolute Gasteiger partial charge is 0.273 e. The van der Waals surface area contributed by atoms with E-state index in [4.69, 9.17) is 4.74 Å². The van der Waals surface area contributed by atoms with E-state index in [-0.39, 0.29) is 28.1 Å². The van der Waals surface area contributed by atoms with Gasteiger partial charge in [0.05, 0.1) is 3.57 Å². The molecule has 3 nitrogen and oxygen atoms in total. The van der Waals surface area contributed by atoms with Crippen LogP contribution in [0.4, 0.5) is 17.6 Å². The molecule has 3 rings (SSSR count). The predicted molar refractivity (Wildman–Crippen MR) is 108 cm³/mol. The van der Waals surface area contributed by atoms with Gasteiger partial charge in [-0.1, -0.05) is 6.07 Å². The van der Waals surface area contributed by atoms with Crippen LogP contribution in [0.25, 0.3) is 5.69 Å². The Hall–Kier alpha value is -1.88. The molecule has 0 saturated carbocycles. The van der Waals surface area contributed by atoms with Crippen LogP contribution in [-0.2, 0) is 6.61 Å². The van der Waals surface area contributed by atoms with Crippen LogP contribution in [0.3, 0.4) is 0 Å². The van der Waals surface area contributed by atoms with Crippen molar-refractivity contribution in [3.63, 3.8) is 0 Å². The highest BCUT2D eigenvalue weighted by atomic mass is 127. The molecule has 0 fully saturated rings. The lowest BCUT2D eigenvalue weighted by Crippen LogP contribution is -2.25. The minimum absolute atomic E-state index is 0.0762. The monoisotopic (exact) mass is 567 g/mol. The van der Waals surface area contributed by atoms with Gasteiger partial charge in [0, 0.05) is 17.3 Å². The summed E-state index contributed by atoms with van der Waals surface area (Å²) in [5.74, 6) is -3.20. The molecule has 0 N–H and O–H groups in total. The third kappa shape index (κ3) is 3.82. The van der Waals surface area contributed by atoms with Crippen LogP contribution in [0.2, 0.25) is 0 Å². The molecule has 0 aliphatic rings. The first-order valence-electron chi connectivity index (χ1n) is 7.84. The number of rotatable bonds is 4. The highest BCUT2D eigenvalue weighted by molar-refractivity contribution is 14.1. The summed E-state index contributed by atoms with van der Waals surface area (Å²) in [6, 6.07) is 6.34. The molecule has 0 radical (unpaired) electrons. The van der Waals surface area contributed by atoms with E-state index in [1.807, 2.05) is 22.6 Å². The minimum Gasteiger partial charge on any atom is -0.486 e. The molecule has 0 bridgehead atoms. The van der Waals surface area contributed by atoms with Crippen LogP contribution in [0.1, 0.15) is 11.3 Å². The van der Waals surface area contributed by atoms with Crippen LogP contribution in [-0.4, -0.2) is 4.57 Å². The van der Waals surface area contributed by atoms with E-state index in [2.05, 4.69) is 15.9 Å². The van der Waals surface area contributed by atoms with Crippen LogP contribution < -0.4 is 10.3 Å². The SMILES string of the molecule is Cc1c(I)c(OCc2ccc(F)cc2F)c(Br)c(=O)n1-c1c(F)cccc1F. The van der Waals surface area contributed by atoms with Crippen molar-refractivity contribution in [2.45, 2.75) is 13.5 Å². The van der Waals surface area contributed by atoms with Crippen LogP contribution in [0.5, 0.6) is 5.75 Å². The van der Waals surface area contributed by atoms with Crippen molar-refractivity contribution < 1.29 is 22.3 Å². The Morgan fingerprint density at radius 3 is 2.32 bits per heavy atom. The molecular formula is C19H11BrF4INO2. The van der Waals surface area contributed by atoms with Crippen molar-refractivity contribution >= 4 is 38.5 Å². The first-order valence-corrected chi connectivity index (χ1v) is 9.71. The third-order valence-corrected chi connectivity index (χ3v) is 5.96. The number of hydrogen-bond donors (Lipinski definition) is 0. The van der Waals surface area contributed by atoms with E-state index >= 15 is 0 Å². The Morgan fingerprint density at radius 1 is 1.07 bits per heavy atom. The van der Waals surface area contributed by atoms with Crippen LogP contribution >= 0.6 is 38.5 Å². The molecule has 3 aromatic rings. The Bertz CT molecular complexity index is 1110. The zero-order valence-electron chi connectivity index (χ0n) is 14.2. The maximum absolute atomic E-state index is 14.2. The molecule has 0 aliphatic heterocycles. The topological polar surface area (TPSA) is 31.2 Å². The number of pyridine rings is 1. The second-order valence-electron chi connectivity index (χ2n) is 5.78. The summed E-state index contributed by atoms with van der Waals surface area (Å²) in [6.07, 6.45) is 0. The lowest BCUT2D eigenvalue weighted by molar-refractivity contribution is 0.294. The molecule has 146 valence electrons. The van der Waals surface area contributed by atoms with E-state index in [1.54, 1.807) is 0 Å². The van der Waals surface area contributed by atoms with E-state index in [9.17, 15) is 22.4 Å². The fourth-order valence-corrected chi connectivity index (χ4v) is 4.12. The Labute approximate surface area is 179 Å². The van der Waals surface area contributed by atoms with Crippen LogP contribution in [0, 0.1) is 33.8 Å². The average molecular weight is 568 g/mol. The second kappa shape index (κ2) is 8.24. The van der Waals surface area contributed by atoms with Gasteiger partial charge in [-0.2, -0.15) is 0 Å². The first-order chi connectivity index (χ1) is 13.2. The highest BCUT2D eigenvalue weighted by Gasteiger charge is 2.23. The largest absolute Gasteiger partial charge is 0.486 e. The van der Waals surface area contributed by atoms with Crippen LogP contribution in [0.15, 0.2) is 45.7 Å². The van der Waals surface area contributed by atoms with Gasteiger partial charge in [0.15, 0.2) is 5.75 Å². The van der Waals surface area contributed by atoms with Crippen molar-refractivity contribution in [3.8, 4) is 11.4 Å². The minimum atomic E-state index is -0.894. The number of benzene rings is 2. The lowest BCUT2D eigenvalue weighted by Gasteiger charge is -2.18. The molecule has 0 spiro atoms. The number of hydrogen-bond acceptors (Lipinski definition) is 2. The predicted octanol–water partition coefficient (Wildman–Crippen LogP) is 5.65. The first kappa shape index (κ1) is 20.8. The zero-order valence-corrected chi connectivity index (χ0v) is 17.9. The van der Waals surface area contributed by atoms with E-state index in [0.717, 1.165) is 28.8 Å². The molecule has 0 aliphatic carbocycles. The molecule has 0 unspecified atom stereocenters. The molecule has 28 heavy (non-hydrogen) atoms. The molecule has 0 atom stereocenters. The Kier molecular flexibility index (Phi) is 6.13. The maximum Gasteiger partial charge on any atom is 0.273 e. The van der Waals surface area contributed by atoms with Gasteiger partial charge in [-0.05, 0) is 69.7 Å². The van der Waals surface area contributed by atoms with Crippen molar-refractivity contribution in [1.29, 1.82) is 0 Å². The van der Waals surface area contributed by atoms with Gasteiger partial charge in [0.1, 0.15) is 40.0 Å². The normalized spacial score (nSPS) is 11.0. The number of halogens is 6. The molecule has 1 heterocycles. The van der Waals surface area contributed by atoms with Crippen molar-refractivity contribution in [1.82, 2.24) is 4.57 Å². The van der Waals surface area contributed by atoms with Gasteiger partial charge in [0.2, 0.25) is 0 Å². The Morgan fingerprint density at radius 2 is 1.71 bits per heavy atom. The van der Waals surface area contributed by atoms with Gasteiger partial charge in [-0.15, -0.1) is 0 Å². The average Bonchev–Trinajstić information content (AvgIpc) is 2.64. The molecule has 0 amide bonds. The molecule has 1 aromatic heterocycles. The summed E-state index contributed by atoms with van der Waals surface area (Å²) in [6.45, 7) is 1.24. The van der Waals surface area contributed by atoms with Gasteiger partial charge in [0.25, 0.3) is 5.56 Å². The summed E-state index contributed by atoms with van der Waals surface area (Å²) in [5.41, 5.74) is -0.908. The third-order valence-electron chi connectivity index (χ3n) is 3.99. The molecule has 2 aromatic carbocycles. The fourth-order valence-electron chi connectivity index (χ4n) is 2.59. The Balaban J connectivity index is 2.07. The van der Waals surface area contributed by atoms with Gasteiger partial charge in [-0.3, -0.25) is 9.36 Å². The molecular weight excluding hydrogens is 557 g/mol. The maximum atomic E-state index is 14.2. The number of aromatic nitrogens is 1. The van der Waals surface area contributed by atoms with Gasteiger partial charge >= 0.3 is 0 Å². The highest BCUT2D eigenvalue weighted by Crippen LogP contribution is 2.33. The van der Waals surface area contributed by atoms with E-state index in [1.165, 1.54) is 19.1 Å². The van der Waals surface area contributed by atoms with Crippen molar-refractivity contribution in [2.75, 3.05) is 0 Å². The lowest BCUT2D eigenvalue weighted by atomic mass is 10.2. The second-order valence-corrected chi connectivity index (χ2v) is 7.65. The summed E-state index contributed by atoms with van der Waals surface area (Å²) < 4.78 is 62.0. The van der Waals surface area contributed by atoms with Gasteiger partial charge < -0.3 is 4.74 Å². The summed E-state index contributed by atoms with van der Waals surface area (Å²) >= 11 is 4.97. The van der Waals surface area contributed by atoms with E-state index in [0.29, 0.717) is 3.57 Å². The number of nitrogens with zero attached hydrogens (tertiary/aromatic N) is 1. The quantitative estimate of drug-likeness (QED) is 0.301. The van der Waals surface area contributed by atoms with Gasteiger partial charge in [-0.25, -0.2) is 17.6 Å². The summed E-state index contributed by atoms with van der Waals surface area (Å²) in [5, 5.41) is 0. The number of ether oxygens (including phenoxy) is 1. The molecule has 9 heteroatoms. The van der Waals surface area contributed by atoms with E-state index < -0.39 is 34.5 Å².